The molecule has 0 amide bonds. The summed E-state index contributed by atoms with van der Waals surface area (Å²) >= 11 is 0. The number of hydrogen-bond donors (Lipinski definition) is 0. The van der Waals surface area contributed by atoms with Gasteiger partial charge in [-0.05, 0) is 61.8 Å². The molecule has 29 heavy (non-hydrogen) atoms. The molecule has 0 radical (unpaired) electrons. The van der Waals surface area contributed by atoms with E-state index in [1.807, 2.05) is 0 Å². The molecule has 0 spiro atoms. The van der Waals surface area contributed by atoms with Crippen LogP contribution in [-0.4, -0.2) is 32.9 Å². The highest BCUT2D eigenvalue weighted by molar-refractivity contribution is 7.56. The monoisotopic (exact) mass is 409 g/mol. The zero-order valence-corrected chi connectivity index (χ0v) is 18.9. The molecule has 2 unspecified atom stereocenters. The van der Waals surface area contributed by atoms with E-state index in [4.69, 9.17) is 9.47 Å². The first kappa shape index (κ1) is 21.8. The Hall–Kier alpha value is -1.93. The van der Waals surface area contributed by atoms with Gasteiger partial charge in [0.15, 0.2) is 6.79 Å². The van der Waals surface area contributed by atoms with Crippen LogP contribution in [0.4, 0.5) is 0 Å². The molecule has 0 saturated carbocycles. The maximum absolute atomic E-state index is 6.12. The molecule has 3 rings (SSSR count). The van der Waals surface area contributed by atoms with Crippen molar-refractivity contribution < 1.29 is 9.47 Å². The number of benzene rings is 2. The van der Waals surface area contributed by atoms with Crippen LogP contribution in [0.1, 0.15) is 23.1 Å². The Morgan fingerprint density at radius 1 is 1.07 bits per heavy atom. The maximum atomic E-state index is 6.12. The van der Waals surface area contributed by atoms with Crippen LogP contribution in [0.15, 0.2) is 60.7 Å². The van der Waals surface area contributed by atoms with Gasteiger partial charge in [-0.2, -0.15) is 0 Å². The van der Waals surface area contributed by atoms with E-state index in [0.29, 0.717) is 14.5 Å². The van der Waals surface area contributed by atoms with Crippen molar-refractivity contribution in [3.05, 3.63) is 77.4 Å². The van der Waals surface area contributed by atoms with E-state index in [-0.39, 0.29) is 6.79 Å². The molecule has 2 aromatic rings. The zero-order valence-electron chi connectivity index (χ0n) is 17.9. The van der Waals surface area contributed by atoms with Gasteiger partial charge in [0.05, 0.1) is 0 Å². The van der Waals surface area contributed by atoms with E-state index in [0.717, 1.165) is 25.1 Å². The van der Waals surface area contributed by atoms with Crippen LogP contribution in [0.5, 0.6) is 5.75 Å². The number of nitrogens with zero attached hydrogens (tertiary/aromatic N) is 1. The highest BCUT2D eigenvalue weighted by Crippen LogP contribution is 2.29. The molecule has 0 aromatic heterocycles. The number of methoxy groups -OCH3 is 1. The van der Waals surface area contributed by atoms with E-state index >= 15 is 0 Å². The van der Waals surface area contributed by atoms with Gasteiger partial charge in [0.2, 0.25) is 0 Å². The Kier molecular flexibility index (Phi) is 8.06. The normalized spacial score (nSPS) is 16.2. The van der Waals surface area contributed by atoms with E-state index in [9.17, 15) is 0 Å². The molecule has 154 valence electrons. The summed E-state index contributed by atoms with van der Waals surface area (Å²) in [4.78, 5) is 2.23. The quantitative estimate of drug-likeness (QED) is 0.454. The van der Waals surface area contributed by atoms with Crippen molar-refractivity contribution in [1.82, 2.24) is 4.90 Å². The summed E-state index contributed by atoms with van der Waals surface area (Å²) in [6.45, 7) is 3.42. The molecule has 0 fully saturated rings. The molecule has 2 aromatic carbocycles. The van der Waals surface area contributed by atoms with Gasteiger partial charge >= 0.3 is 0 Å². The van der Waals surface area contributed by atoms with Gasteiger partial charge in [-0.25, -0.2) is 0 Å². The third kappa shape index (κ3) is 6.02. The standard InChI is InChI=1S/C25H32NO2P/c1-19-10-8-14-22(17-26(2)3)25(19)29-23-15-9-13-21(24(23)28-18-27-4)16-20-11-6-5-7-12-20/h5-11,13-15,20,29H,12,16-18H2,1-4H3. The summed E-state index contributed by atoms with van der Waals surface area (Å²) in [7, 11) is 6.47. The molecule has 1 aliphatic carbocycles. The van der Waals surface area contributed by atoms with Crippen molar-refractivity contribution in [2.24, 2.45) is 5.92 Å². The lowest BCUT2D eigenvalue weighted by Crippen LogP contribution is -2.20. The molecule has 0 aliphatic heterocycles. The summed E-state index contributed by atoms with van der Waals surface area (Å²) in [5, 5.41) is 2.67. The third-order valence-electron chi connectivity index (χ3n) is 5.07. The van der Waals surface area contributed by atoms with Crippen LogP contribution >= 0.6 is 8.58 Å². The summed E-state index contributed by atoms with van der Waals surface area (Å²) < 4.78 is 11.4. The van der Waals surface area contributed by atoms with Gasteiger partial charge in [-0.1, -0.05) is 69.3 Å². The van der Waals surface area contributed by atoms with E-state index < -0.39 is 0 Å². The predicted octanol–water partition coefficient (Wildman–Crippen LogP) is 4.34. The number of para-hydroxylation sites is 1. The van der Waals surface area contributed by atoms with Gasteiger partial charge in [0, 0.05) is 19.0 Å². The van der Waals surface area contributed by atoms with Crippen molar-refractivity contribution in [2.45, 2.75) is 26.3 Å². The first-order chi connectivity index (χ1) is 14.1. The molecule has 2 atom stereocenters. The van der Waals surface area contributed by atoms with Gasteiger partial charge in [0.1, 0.15) is 5.75 Å². The van der Waals surface area contributed by atoms with Crippen molar-refractivity contribution in [1.29, 1.82) is 0 Å². The molecule has 0 bridgehead atoms. The summed E-state index contributed by atoms with van der Waals surface area (Å²) in [5.74, 6) is 1.51. The number of hydrogen-bond acceptors (Lipinski definition) is 3. The molecule has 4 heteroatoms. The van der Waals surface area contributed by atoms with Crippen molar-refractivity contribution in [3.8, 4) is 5.75 Å². The lowest BCUT2D eigenvalue weighted by Gasteiger charge is -2.21. The first-order valence-corrected chi connectivity index (χ1v) is 11.2. The second kappa shape index (κ2) is 10.7. The highest BCUT2D eigenvalue weighted by atomic mass is 31.1. The summed E-state index contributed by atoms with van der Waals surface area (Å²) in [6.07, 6.45) is 10.9. The Morgan fingerprint density at radius 2 is 1.86 bits per heavy atom. The Morgan fingerprint density at radius 3 is 2.59 bits per heavy atom. The molecule has 3 nitrogen and oxygen atoms in total. The molecule has 0 saturated heterocycles. The van der Waals surface area contributed by atoms with Gasteiger partial charge in [0.25, 0.3) is 0 Å². The Balaban J connectivity index is 1.93. The molecule has 0 heterocycles. The summed E-state index contributed by atoms with van der Waals surface area (Å²) in [6, 6.07) is 13.2. The van der Waals surface area contributed by atoms with E-state index in [2.05, 4.69) is 86.6 Å². The van der Waals surface area contributed by atoms with Gasteiger partial charge in [-0.15, -0.1) is 0 Å². The minimum atomic E-state index is 0.271. The topological polar surface area (TPSA) is 21.7 Å². The molecular formula is C25H32NO2P. The van der Waals surface area contributed by atoms with Crippen LogP contribution in [0.3, 0.4) is 0 Å². The second-order valence-corrected chi connectivity index (χ2v) is 9.12. The Labute approximate surface area is 177 Å². The average Bonchev–Trinajstić information content (AvgIpc) is 2.70. The molecule has 0 N–H and O–H groups in total. The summed E-state index contributed by atoms with van der Waals surface area (Å²) in [5.41, 5.74) is 3.99. The van der Waals surface area contributed by atoms with Crippen LogP contribution in [0, 0.1) is 12.8 Å². The van der Waals surface area contributed by atoms with Crippen LogP contribution in [0.2, 0.25) is 0 Å². The fraction of sp³-hybridized carbons (Fsp3) is 0.360. The minimum absolute atomic E-state index is 0.271. The smallest absolute Gasteiger partial charge is 0.188 e. The van der Waals surface area contributed by atoms with E-state index in [1.165, 1.54) is 27.3 Å². The zero-order chi connectivity index (χ0) is 20.6. The SMILES string of the molecule is COCOc1c(CC2C=CC=CC2)cccc1Pc1c(C)cccc1CN(C)C. The van der Waals surface area contributed by atoms with Crippen molar-refractivity contribution in [3.63, 3.8) is 0 Å². The number of allylic oxidation sites excluding steroid dienone is 4. The minimum Gasteiger partial charge on any atom is -0.467 e. The fourth-order valence-corrected chi connectivity index (χ4v) is 5.11. The van der Waals surface area contributed by atoms with Crippen molar-refractivity contribution >= 4 is 19.2 Å². The number of ether oxygens (including phenoxy) is 2. The molecule has 1 aliphatic rings. The van der Waals surface area contributed by atoms with Gasteiger partial charge in [-0.3, -0.25) is 0 Å². The maximum Gasteiger partial charge on any atom is 0.188 e. The lowest BCUT2D eigenvalue weighted by atomic mass is 9.93. The number of rotatable bonds is 9. The predicted molar refractivity (Wildman–Crippen MR) is 125 cm³/mol. The van der Waals surface area contributed by atoms with Crippen LogP contribution in [-0.2, 0) is 17.7 Å². The van der Waals surface area contributed by atoms with Crippen molar-refractivity contribution in [2.75, 3.05) is 28.0 Å². The third-order valence-corrected chi connectivity index (χ3v) is 6.70. The number of aryl methyl sites for hydroxylation is 1. The highest BCUT2D eigenvalue weighted by Gasteiger charge is 2.17. The molecular weight excluding hydrogens is 377 g/mol. The Bertz CT molecular complexity index is 873. The van der Waals surface area contributed by atoms with Gasteiger partial charge < -0.3 is 14.4 Å². The fourth-order valence-electron chi connectivity index (χ4n) is 3.71. The van der Waals surface area contributed by atoms with Crippen LogP contribution in [0.25, 0.3) is 0 Å². The lowest BCUT2D eigenvalue weighted by molar-refractivity contribution is 0.0511. The second-order valence-electron chi connectivity index (χ2n) is 7.83. The first-order valence-electron chi connectivity index (χ1n) is 10.2. The largest absolute Gasteiger partial charge is 0.467 e. The average molecular weight is 410 g/mol. The van der Waals surface area contributed by atoms with E-state index in [1.54, 1.807) is 7.11 Å². The van der Waals surface area contributed by atoms with Crippen LogP contribution < -0.4 is 15.3 Å².